The van der Waals surface area contributed by atoms with Gasteiger partial charge in [-0.25, -0.2) is 0 Å². The Morgan fingerprint density at radius 2 is 1.76 bits per heavy atom. The first-order valence-electron chi connectivity index (χ1n) is 7.49. The van der Waals surface area contributed by atoms with Crippen molar-refractivity contribution in [3.05, 3.63) is 59.7 Å². The number of nitrogens with one attached hydrogen (secondary N) is 1. The number of alkyl halides is 3. The molecule has 7 heteroatoms. The van der Waals surface area contributed by atoms with Crippen LogP contribution in [0, 0.1) is 5.41 Å². The Bertz CT molecular complexity index is 717. The highest BCUT2D eigenvalue weighted by atomic mass is 35.6. The SMILES string of the molecule is COc1c(OCc2ccccc2)cccc1C(C)OC(=N)C(Cl)(Cl)Cl. The second kappa shape index (κ2) is 8.65. The van der Waals surface area contributed by atoms with Crippen LogP contribution in [0.25, 0.3) is 0 Å². The number of para-hydroxylation sites is 1. The summed E-state index contributed by atoms with van der Waals surface area (Å²) in [6.07, 6.45) is -0.557. The third-order valence-electron chi connectivity index (χ3n) is 3.44. The van der Waals surface area contributed by atoms with Gasteiger partial charge in [-0.2, -0.15) is 0 Å². The summed E-state index contributed by atoms with van der Waals surface area (Å²) >= 11 is 17.0. The van der Waals surface area contributed by atoms with Crippen LogP contribution in [-0.4, -0.2) is 16.8 Å². The van der Waals surface area contributed by atoms with Crippen molar-refractivity contribution >= 4 is 40.7 Å². The van der Waals surface area contributed by atoms with Gasteiger partial charge in [0, 0.05) is 5.56 Å². The molecule has 0 aliphatic rings. The van der Waals surface area contributed by atoms with Crippen molar-refractivity contribution in [3.63, 3.8) is 0 Å². The van der Waals surface area contributed by atoms with E-state index in [1.54, 1.807) is 20.1 Å². The number of hydrogen-bond donors (Lipinski definition) is 1. The van der Waals surface area contributed by atoms with Crippen LogP contribution in [0.15, 0.2) is 48.5 Å². The molecule has 0 amide bonds. The van der Waals surface area contributed by atoms with Gasteiger partial charge in [0.2, 0.25) is 5.90 Å². The first-order chi connectivity index (χ1) is 11.8. The van der Waals surface area contributed by atoms with Crippen molar-refractivity contribution in [2.24, 2.45) is 0 Å². The standard InChI is InChI=1S/C18H18Cl3NO3/c1-12(25-17(22)18(19,20)21)14-9-6-10-15(16(14)23-2)24-11-13-7-4-3-5-8-13/h3-10,12,22H,11H2,1-2H3. The summed E-state index contributed by atoms with van der Waals surface area (Å²) in [6.45, 7) is 2.14. The molecule has 0 saturated heterocycles. The molecule has 0 aliphatic heterocycles. The zero-order valence-corrected chi connectivity index (χ0v) is 16.0. The molecule has 2 rings (SSSR count). The van der Waals surface area contributed by atoms with Crippen LogP contribution in [0.4, 0.5) is 0 Å². The Hall–Kier alpha value is -1.62. The van der Waals surface area contributed by atoms with E-state index in [2.05, 4.69) is 0 Å². The molecule has 0 fully saturated rings. The second-order valence-electron chi connectivity index (χ2n) is 5.24. The minimum Gasteiger partial charge on any atom is -0.492 e. The van der Waals surface area contributed by atoms with Gasteiger partial charge in [0.05, 0.1) is 7.11 Å². The molecule has 0 radical (unpaired) electrons. The average Bonchev–Trinajstić information content (AvgIpc) is 2.59. The largest absolute Gasteiger partial charge is 0.492 e. The highest BCUT2D eigenvalue weighted by molar-refractivity contribution is 6.76. The Morgan fingerprint density at radius 3 is 2.36 bits per heavy atom. The van der Waals surface area contributed by atoms with Crippen molar-refractivity contribution < 1.29 is 14.2 Å². The molecule has 1 unspecified atom stereocenters. The van der Waals surface area contributed by atoms with Gasteiger partial charge >= 0.3 is 0 Å². The number of methoxy groups -OCH3 is 1. The lowest BCUT2D eigenvalue weighted by atomic mass is 10.1. The van der Waals surface area contributed by atoms with Crippen LogP contribution in [0.3, 0.4) is 0 Å². The summed E-state index contributed by atoms with van der Waals surface area (Å²) in [7, 11) is 1.54. The van der Waals surface area contributed by atoms with Gasteiger partial charge in [0.15, 0.2) is 11.5 Å². The molecule has 0 heterocycles. The van der Waals surface area contributed by atoms with Crippen molar-refractivity contribution in [1.29, 1.82) is 5.41 Å². The lowest BCUT2D eigenvalue weighted by molar-refractivity contribution is 0.198. The third-order valence-corrected chi connectivity index (χ3v) is 3.96. The number of halogens is 3. The van der Waals surface area contributed by atoms with Crippen molar-refractivity contribution in [2.45, 2.75) is 23.4 Å². The molecular weight excluding hydrogens is 385 g/mol. The van der Waals surface area contributed by atoms with E-state index in [1.807, 2.05) is 42.5 Å². The zero-order valence-electron chi connectivity index (χ0n) is 13.8. The van der Waals surface area contributed by atoms with E-state index in [0.717, 1.165) is 5.56 Å². The van der Waals surface area contributed by atoms with Gasteiger partial charge in [0.25, 0.3) is 3.79 Å². The normalized spacial score (nSPS) is 12.4. The minimum absolute atomic E-state index is 0.403. The van der Waals surface area contributed by atoms with Crippen LogP contribution >= 0.6 is 34.8 Å². The Labute approximate surface area is 162 Å². The van der Waals surface area contributed by atoms with Crippen LogP contribution < -0.4 is 9.47 Å². The molecule has 0 bridgehead atoms. The molecular formula is C18H18Cl3NO3. The fourth-order valence-electron chi connectivity index (χ4n) is 2.23. The summed E-state index contributed by atoms with van der Waals surface area (Å²) < 4.78 is 14.8. The minimum atomic E-state index is -1.91. The zero-order chi connectivity index (χ0) is 18.4. The molecule has 0 aromatic heterocycles. The predicted octanol–water partition coefficient (Wildman–Crippen LogP) is 5.70. The summed E-state index contributed by atoms with van der Waals surface area (Å²) in [5, 5.41) is 7.70. The molecule has 4 nitrogen and oxygen atoms in total. The molecule has 134 valence electrons. The fourth-order valence-corrected chi connectivity index (χ4v) is 2.36. The molecule has 1 atom stereocenters. The number of hydrogen-bond acceptors (Lipinski definition) is 4. The molecule has 0 spiro atoms. The van der Waals surface area contributed by atoms with Gasteiger partial charge in [-0.1, -0.05) is 77.3 Å². The molecule has 0 saturated carbocycles. The van der Waals surface area contributed by atoms with E-state index in [0.29, 0.717) is 23.7 Å². The molecule has 1 N–H and O–H groups in total. The maximum absolute atomic E-state index is 7.70. The molecule has 0 aliphatic carbocycles. The summed E-state index contributed by atoms with van der Waals surface area (Å²) in [4.78, 5) is 0. The summed E-state index contributed by atoms with van der Waals surface area (Å²) in [5.41, 5.74) is 1.73. The number of benzene rings is 2. The third kappa shape index (κ3) is 5.43. The van der Waals surface area contributed by atoms with E-state index >= 15 is 0 Å². The average molecular weight is 403 g/mol. The van der Waals surface area contributed by atoms with E-state index in [4.69, 9.17) is 54.4 Å². The molecule has 25 heavy (non-hydrogen) atoms. The number of ether oxygens (including phenoxy) is 3. The summed E-state index contributed by atoms with van der Waals surface area (Å²) in [6, 6.07) is 15.2. The fraction of sp³-hybridized carbons (Fsp3) is 0.278. The lowest BCUT2D eigenvalue weighted by Crippen LogP contribution is -2.22. The van der Waals surface area contributed by atoms with Crippen molar-refractivity contribution in [1.82, 2.24) is 0 Å². The van der Waals surface area contributed by atoms with Crippen LogP contribution in [0.2, 0.25) is 0 Å². The van der Waals surface area contributed by atoms with Crippen molar-refractivity contribution in [2.75, 3.05) is 7.11 Å². The molecule has 2 aromatic rings. The van der Waals surface area contributed by atoms with Crippen LogP contribution in [0.1, 0.15) is 24.2 Å². The van der Waals surface area contributed by atoms with E-state index in [9.17, 15) is 0 Å². The Morgan fingerprint density at radius 1 is 1.08 bits per heavy atom. The Balaban J connectivity index is 2.18. The van der Waals surface area contributed by atoms with E-state index < -0.39 is 15.8 Å². The van der Waals surface area contributed by atoms with Gasteiger partial charge in [-0.3, -0.25) is 5.41 Å². The van der Waals surface area contributed by atoms with Gasteiger partial charge in [-0.15, -0.1) is 0 Å². The monoisotopic (exact) mass is 401 g/mol. The van der Waals surface area contributed by atoms with Gasteiger partial charge in [-0.05, 0) is 18.6 Å². The topological polar surface area (TPSA) is 51.5 Å². The van der Waals surface area contributed by atoms with E-state index in [-0.39, 0.29) is 0 Å². The van der Waals surface area contributed by atoms with E-state index in [1.165, 1.54) is 0 Å². The first-order valence-corrected chi connectivity index (χ1v) is 8.62. The first kappa shape index (κ1) is 19.7. The van der Waals surface area contributed by atoms with Gasteiger partial charge in [0.1, 0.15) is 12.7 Å². The predicted molar refractivity (Wildman–Crippen MR) is 101 cm³/mol. The maximum atomic E-state index is 7.70. The highest BCUT2D eigenvalue weighted by Crippen LogP contribution is 2.38. The maximum Gasteiger partial charge on any atom is 0.265 e. The van der Waals surface area contributed by atoms with Crippen molar-refractivity contribution in [3.8, 4) is 11.5 Å². The second-order valence-corrected chi connectivity index (χ2v) is 7.52. The molecule has 2 aromatic carbocycles. The van der Waals surface area contributed by atoms with Gasteiger partial charge < -0.3 is 14.2 Å². The lowest BCUT2D eigenvalue weighted by Gasteiger charge is -2.22. The smallest absolute Gasteiger partial charge is 0.265 e. The summed E-state index contributed by atoms with van der Waals surface area (Å²) in [5.74, 6) is 0.630. The quantitative estimate of drug-likeness (QED) is 0.383. The van der Waals surface area contributed by atoms with Crippen LogP contribution in [-0.2, 0) is 11.3 Å². The number of rotatable bonds is 6. The van der Waals surface area contributed by atoms with Crippen LogP contribution in [0.5, 0.6) is 11.5 Å². The highest BCUT2D eigenvalue weighted by Gasteiger charge is 2.31. The Kier molecular flexibility index (Phi) is 6.82.